The Morgan fingerprint density at radius 2 is 1.67 bits per heavy atom. The molecule has 27 heavy (non-hydrogen) atoms. The van der Waals surface area contributed by atoms with Gasteiger partial charge in [-0.05, 0) is 81.8 Å². The fourth-order valence-electron chi connectivity index (χ4n) is 5.99. The molecule has 0 N–H and O–H groups in total. The third-order valence-corrected chi connectivity index (χ3v) is 6.72. The van der Waals surface area contributed by atoms with Crippen LogP contribution < -0.4 is 0 Å². The van der Waals surface area contributed by atoms with E-state index in [-0.39, 0.29) is 17.6 Å². The van der Waals surface area contributed by atoms with Crippen LogP contribution in [0.4, 0.5) is 8.78 Å². The highest BCUT2D eigenvalue weighted by Crippen LogP contribution is 2.55. The number of carbonyl (C=O) groups is 2. The third kappa shape index (κ3) is 3.03. The van der Waals surface area contributed by atoms with Crippen LogP contribution >= 0.6 is 0 Å². The van der Waals surface area contributed by atoms with Crippen molar-refractivity contribution in [3.63, 3.8) is 0 Å². The Kier molecular flexibility index (Phi) is 4.68. The summed E-state index contributed by atoms with van der Waals surface area (Å²) in [4.78, 5) is 25.2. The minimum atomic E-state index is -1.16. The predicted octanol–water partition coefficient (Wildman–Crippen LogP) is 4.01. The first kappa shape index (κ1) is 18.4. The van der Waals surface area contributed by atoms with Crippen molar-refractivity contribution >= 4 is 12.3 Å². The van der Waals surface area contributed by atoms with E-state index in [1.54, 1.807) is 13.8 Å². The van der Waals surface area contributed by atoms with Gasteiger partial charge in [0.15, 0.2) is 11.6 Å². The van der Waals surface area contributed by atoms with E-state index in [4.69, 9.17) is 0 Å². The van der Waals surface area contributed by atoms with E-state index in [9.17, 15) is 18.4 Å². The Balaban J connectivity index is 1.67. The van der Waals surface area contributed by atoms with E-state index in [0.29, 0.717) is 18.2 Å². The number of carbonyl (C=O) groups excluding carboxylic acids is 2. The molecular weight excluding hydrogens is 350 g/mol. The topological polar surface area (TPSA) is 40.6 Å². The first-order valence-electron chi connectivity index (χ1n) is 9.91. The van der Waals surface area contributed by atoms with Gasteiger partial charge in [-0.2, -0.15) is 0 Å². The van der Waals surface area contributed by atoms with Gasteiger partial charge in [0.25, 0.3) is 5.91 Å². The van der Waals surface area contributed by atoms with Crippen LogP contribution in [0, 0.1) is 35.3 Å². The predicted molar refractivity (Wildman–Crippen MR) is 96.4 cm³/mol. The lowest BCUT2D eigenvalue weighted by Gasteiger charge is -2.58. The van der Waals surface area contributed by atoms with Crippen LogP contribution in [0.1, 0.15) is 56.3 Å². The number of halogens is 2. The van der Waals surface area contributed by atoms with Crippen molar-refractivity contribution in [2.24, 2.45) is 23.7 Å². The molecule has 146 valence electrons. The van der Waals surface area contributed by atoms with E-state index in [1.165, 1.54) is 28.6 Å². The van der Waals surface area contributed by atoms with Crippen LogP contribution in [0.25, 0.3) is 0 Å². The molecule has 4 aliphatic carbocycles. The fourth-order valence-corrected chi connectivity index (χ4v) is 5.99. The Morgan fingerprint density at radius 3 is 2.19 bits per heavy atom. The van der Waals surface area contributed by atoms with E-state index in [1.807, 2.05) is 0 Å². The summed E-state index contributed by atoms with van der Waals surface area (Å²) in [5, 5.41) is 2.84. The van der Waals surface area contributed by atoms with Gasteiger partial charge in [0.2, 0.25) is 6.41 Å². The molecule has 4 bridgehead atoms. The van der Waals surface area contributed by atoms with Crippen molar-refractivity contribution in [1.82, 2.24) is 10.0 Å². The SMILES string of the molecule is CC(C)N(C(=O)c1cccc(F)c1F)N(C=O)C1C2CC3CC(C2)CC1C3. The maximum absolute atomic E-state index is 14.2. The summed E-state index contributed by atoms with van der Waals surface area (Å²) in [6.07, 6.45) is 6.38. The van der Waals surface area contributed by atoms with E-state index in [0.717, 1.165) is 43.6 Å². The van der Waals surface area contributed by atoms with Gasteiger partial charge in [0.1, 0.15) is 0 Å². The smallest absolute Gasteiger partial charge is 0.275 e. The molecule has 0 aromatic heterocycles. The third-order valence-electron chi connectivity index (χ3n) is 6.72. The molecule has 1 aromatic rings. The summed E-state index contributed by atoms with van der Waals surface area (Å²) in [7, 11) is 0. The molecule has 0 radical (unpaired) electrons. The zero-order valence-corrected chi connectivity index (χ0v) is 15.8. The highest BCUT2D eigenvalue weighted by molar-refractivity contribution is 5.95. The van der Waals surface area contributed by atoms with Crippen LogP contribution in [0.2, 0.25) is 0 Å². The average Bonchev–Trinajstić information content (AvgIpc) is 2.61. The summed E-state index contributed by atoms with van der Waals surface area (Å²) in [5.74, 6) is -0.637. The second kappa shape index (κ2) is 6.88. The minimum Gasteiger partial charge on any atom is -0.277 e. The largest absolute Gasteiger partial charge is 0.277 e. The summed E-state index contributed by atoms with van der Waals surface area (Å²) >= 11 is 0. The lowest BCUT2D eigenvalue weighted by Crippen LogP contribution is -2.62. The van der Waals surface area contributed by atoms with E-state index >= 15 is 0 Å². The maximum Gasteiger partial charge on any atom is 0.275 e. The average molecular weight is 376 g/mol. The number of hydrogen-bond acceptors (Lipinski definition) is 2. The van der Waals surface area contributed by atoms with Gasteiger partial charge in [-0.25, -0.2) is 18.8 Å². The molecule has 4 aliphatic rings. The van der Waals surface area contributed by atoms with Crippen LogP contribution in [0.3, 0.4) is 0 Å². The molecule has 0 unspecified atom stereocenters. The number of amides is 2. The van der Waals surface area contributed by atoms with Gasteiger partial charge in [-0.1, -0.05) is 6.07 Å². The molecule has 1 aromatic carbocycles. The molecule has 0 saturated heterocycles. The van der Waals surface area contributed by atoms with Crippen molar-refractivity contribution in [2.45, 2.75) is 58.0 Å². The zero-order valence-electron chi connectivity index (χ0n) is 15.8. The molecule has 2 amide bonds. The van der Waals surface area contributed by atoms with Crippen LogP contribution in [-0.2, 0) is 4.79 Å². The van der Waals surface area contributed by atoms with Gasteiger partial charge in [-0.15, -0.1) is 0 Å². The van der Waals surface area contributed by atoms with E-state index in [2.05, 4.69) is 0 Å². The highest BCUT2D eigenvalue weighted by Gasteiger charge is 2.51. The molecule has 4 nitrogen and oxygen atoms in total. The van der Waals surface area contributed by atoms with E-state index < -0.39 is 17.5 Å². The summed E-state index contributed by atoms with van der Waals surface area (Å²) in [6, 6.07) is 3.20. The monoisotopic (exact) mass is 376 g/mol. The maximum atomic E-state index is 14.2. The van der Waals surface area contributed by atoms with Crippen LogP contribution in [0.15, 0.2) is 18.2 Å². The number of rotatable bonds is 5. The van der Waals surface area contributed by atoms with Crippen molar-refractivity contribution in [3.8, 4) is 0 Å². The Labute approximate surface area is 158 Å². The molecular formula is C21H26F2N2O2. The summed E-state index contributed by atoms with van der Waals surface area (Å²) in [5.41, 5.74) is -0.334. The molecule has 0 aliphatic heterocycles. The Bertz CT molecular complexity index is 724. The van der Waals surface area contributed by atoms with Crippen molar-refractivity contribution < 1.29 is 18.4 Å². The standard InChI is InChI=1S/C21H26F2N2O2/c1-12(2)25(21(27)17-4-3-5-18(22)19(17)23)24(11-26)20-15-7-13-6-14(9-15)10-16(20)8-13/h3-5,11-16,20H,6-10H2,1-2H3. The quantitative estimate of drug-likeness (QED) is 0.575. The van der Waals surface area contributed by atoms with Crippen molar-refractivity contribution in [3.05, 3.63) is 35.4 Å². The first-order chi connectivity index (χ1) is 12.9. The first-order valence-corrected chi connectivity index (χ1v) is 9.91. The van der Waals surface area contributed by atoms with Gasteiger partial charge >= 0.3 is 0 Å². The zero-order chi connectivity index (χ0) is 19.3. The van der Waals surface area contributed by atoms with Crippen molar-refractivity contribution in [2.75, 3.05) is 0 Å². The normalized spacial score (nSPS) is 31.2. The molecule has 5 rings (SSSR count). The molecule has 6 heteroatoms. The highest BCUT2D eigenvalue weighted by atomic mass is 19.2. The Hall–Kier alpha value is -1.98. The van der Waals surface area contributed by atoms with Gasteiger partial charge in [0, 0.05) is 6.04 Å². The van der Waals surface area contributed by atoms with Crippen molar-refractivity contribution in [1.29, 1.82) is 0 Å². The molecule has 0 heterocycles. The molecule has 4 saturated carbocycles. The number of nitrogens with zero attached hydrogens (tertiary/aromatic N) is 2. The summed E-state index contributed by atoms with van der Waals surface area (Å²) < 4.78 is 27.9. The molecule has 0 atom stereocenters. The number of benzene rings is 1. The Morgan fingerprint density at radius 1 is 1.07 bits per heavy atom. The lowest BCUT2D eigenvalue weighted by molar-refractivity contribution is -0.161. The second-order valence-corrected chi connectivity index (χ2v) is 8.75. The minimum absolute atomic E-state index is 0.0294. The van der Waals surface area contributed by atoms with Gasteiger partial charge in [0.05, 0.1) is 11.6 Å². The lowest BCUT2D eigenvalue weighted by atomic mass is 9.54. The fraction of sp³-hybridized carbons (Fsp3) is 0.619. The number of hydrogen-bond donors (Lipinski definition) is 0. The second-order valence-electron chi connectivity index (χ2n) is 8.75. The summed E-state index contributed by atoms with van der Waals surface area (Å²) in [6.45, 7) is 3.59. The molecule has 0 spiro atoms. The molecule has 4 fully saturated rings. The van der Waals surface area contributed by atoms with Crippen LogP contribution in [0.5, 0.6) is 0 Å². The van der Waals surface area contributed by atoms with Gasteiger partial charge in [-0.3, -0.25) is 9.59 Å². The van der Waals surface area contributed by atoms with Gasteiger partial charge < -0.3 is 0 Å². The number of hydrazine groups is 1. The van der Waals surface area contributed by atoms with Crippen LogP contribution in [-0.4, -0.2) is 34.4 Å².